The quantitative estimate of drug-likeness (QED) is 0.888. The second-order valence-electron chi connectivity index (χ2n) is 6.20. The van der Waals surface area contributed by atoms with Crippen molar-refractivity contribution < 1.29 is 18.7 Å². The van der Waals surface area contributed by atoms with Crippen molar-refractivity contribution in [2.75, 3.05) is 13.1 Å². The van der Waals surface area contributed by atoms with Crippen molar-refractivity contribution in [2.45, 2.75) is 25.6 Å². The van der Waals surface area contributed by atoms with E-state index in [1.807, 2.05) is 0 Å². The molecule has 2 N–H and O–H groups in total. The first-order valence-electron chi connectivity index (χ1n) is 8.45. The number of aromatic nitrogens is 1. The Kier molecular flexibility index (Phi) is 5.58. The Labute approximate surface area is 150 Å². The SMILES string of the molecule is NC(=O)c1cccc(C(=O)N2CCC(OCc3ccc(F)cc3)CC2)n1. The van der Waals surface area contributed by atoms with E-state index in [1.54, 1.807) is 29.2 Å². The Morgan fingerprint density at radius 3 is 2.42 bits per heavy atom. The van der Waals surface area contributed by atoms with Crippen LogP contribution in [0.3, 0.4) is 0 Å². The summed E-state index contributed by atoms with van der Waals surface area (Å²) in [4.78, 5) is 29.4. The zero-order valence-electron chi connectivity index (χ0n) is 14.2. The van der Waals surface area contributed by atoms with Crippen LogP contribution in [0.15, 0.2) is 42.5 Å². The molecule has 6 nitrogen and oxygen atoms in total. The maximum atomic E-state index is 12.9. The van der Waals surface area contributed by atoms with E-state index < -0.39 is 5.91 Å². The maximum Gasteiger partial charge on any atom is 0.272 e. The molecule has 2 heterocycles. The van der Waals surface area contributed by atoms with Gasteiger partial charge >= 0.3 is 0 Å². The first-order valence-corrected chi connectivity index (χ1v) is 8.45. The average Bonchev–Trinajstić information content (AvgIpc) is 2.67. The Morgan fingerprint density at radius 1 is 1.12 bits per heavy atom. The van der Waals surface area contributed by atoms with Crippen LogP contribution in [0.2, 0.25) is 0 Å². The van der Waals surface area contributed by atoms with Gasteiger partial charge in [0.2, 0.25) is 0 Å². The van der Waals surface area contributed by atoms with Gasteiger partial charge in [-0.05, 0) is 42.7 Å². The largest absolute Gasteiger partial charge is 0.373 e. The standard InChI is InChI=1S/C19H20FN3O3/c20-14-6-4-13(5-7-14)12-26-15-8-10-23(11-9-15)19(25)17-3-1-2-16(22-17)18(21)24/h1-7,15H,8-12H2,(H2,21,24). The van der Waals surface area contributed by atoms with Crippen molar-refractivity contribution in [3.63, 3.8) is 0 Å². The number of nitrogens with two attached hydrogens (primary N) is 1. The van der Waals surface area contributed by atoms with E-state index >= 15 is 0 Å². The molecule has 2 amide bonds. The van der Waals surface area contributed by atoms with Crippen molar-refractivity contribution in [1.29, 1.82) is 0 Å². The molecule has 1 fully saturated rings. The molecule has 1 saturated heterocycles. The smallest absolute Gasteiger partial charge is 0.272 e. The number of carbonyl (C=O) groups is 2. The molecule has 0 spiro atoms. The van der Waals surface area contributed by atoms with E-state index in [4.69, 9.17) is 10.5 Å². The Bertz CT molecular complexity index is 787. The predicted molar refractivity (Wildman–Crippen MR) is 92.9 cm³/mol. The summed E-state index contributed by atoms with van der Waals surface area (Å²) in [5, 5.41) is 0. The number of amides is 2. The highest BCUT2D eigenvalue weighted by molar-refractivity contribution is 5.95. The van der Waals surface area contributed by atoms with E-state index in [-0.39, 0.29) is 29.2 Å². The van der Waals surface area contributed by atoms with Crippen LogP contribution in [0.5, 0.6) is 0 Å². The Hall–Kier alpha value is -2.80. The molecular weight excluding hydrogens is 337 g/mol. The van der Waals surface area contributed by atoms with Crippen molar-refractivity contribution in [1.82, 2.24) is 9.88 Å². The van der Waals surface area contributed by atoms with Crippen LogP contribution in [0.4, 0.5) is 4.39 Å². The second-order valence-corrected chi connectivity index (χ2v) is 6.20. The normalized spacial score (nSPS) is 15.0. The zero-order chi connectivity index (χ0) is 18.5. The first kappa shape index (κ1) is 18.0. The minimum Gasteiger partial charge on any atom is -0.373 e. The number of rotatable bonds is 5. The number of halogens is 1. The molecule has 1 aromatic heterocycles. The molecule has 0 atom stereocenters. The van der Waals surface area contributed by atoms with Gasteiger partial charge in [0.25, 0.3) is 11.8 Å². The lowest BCUT2D eigenvalue weighted by Crippen LogP contribution is -2.41. The van der Waals surface area contributed by atoms with Gasteiger partial charge in [-0.1, -0.05) is 18.2 Å². The number of benzene rings is 1. The lowest BCUT2D eigenvalue weighted by atomic mass is 10.1. The minimum absolute atomic E-state index is 0.0500. The van der Waals surface area contributed by atoms with Gasteiger partial charge < -0.3 is 15.4 Å². The van der Waals surface area contributed by atoms with Gasteiger partial charge in [0.05, 0.1) is 12.7 Å². The fraction of sp³-hybridized carbons (Fsp3) is 0.316. The third kappa shape index (κ3) is 4.43. The van der Waals surface area contributed by atoms with Crippen molar-refractivity contribution >= 4 is 11.8 Å². The van der Waals surface area contributed by atoms with Crippen molar-refractivity contribution in [3.8, 4) is 0 Å². The molecule has 1 aliphatic rings. The zero-order valence-corrected chi connectivity index (χ0v) is 14.2. The van der Waals surface area contributed by atoms with Crippen LogP contribution in [0.1, 0.15) is 39.4 Å². The lowest BCUT2D eigenvalue weighted by Gasteiger charge is -2.31. The number of hydrogen-bond donors (Lipinski definition) is 1. The van der Waals surface area contributed by atoms with Gasteiger partial charge in [0.1, 0.15) is 17.2 Å². The molecule has 1 aromatic carbocycles. The number of nitrogens with zero attached hydrogens (tertiary/aromatic N) is 2. The highest BCUT2D eigenvalue weighted by Gasteiger charge is 2.25. The van der Waals surface area contributed by atoms with Crippen LogP contribution in [-0.2, 0) is 11.3 Å². The fourth-order valence-corrected chi connectivity index (χ4v) is 2.87. The fourth-order valence-electron chi connectivity index (χ4n) is 2.87. The molecule has 3 rings (SSSR count). The molecule has 136 valence electrons. The number of primary amides is 1. The highest BCUT2D eigenvalue weighted by atomic mass is 19.1. The van der Waals surface area contributed by atoms with E-state index in [1.165, 1.54) is 18.2 Å². The molecule has 0 unspecified atom stereocenters. The van der Waals surface area contributed by atoms with E-state index in [0.29, 0.717) is 32.5 Å². The van der Waals surface area contributed by atoms with E-state index in [9.17, 15) is 14.0 Å². The van der Waals surface area contributed by atoms with Crippen LogP contribution < -0.4 is 5.73 Å². The molecule has 26 heavy (non-hydrogen) atoms. The minimum atomic E-state index is -0.660. The number of piperidine rings is 1. The summed E-state index contributed by atoms with van der Waals surface area (Å²) < 4.78 is 18.8. The molecule has 2 aromatic rings. The summed E-state index contributed by atoms with van der Waals surface area (Å²) in [5.74, 6) is -1.15. The maximum absolute atomic E-state index is 12.9. The number of pyridine rings is 1. The average molecular weight is 357 g/mol. The summed E-state index contributed by atoms with van der Waals surface area (Å²) in [6.45, 7) is 1.52. The highest BCUT2D eigenvalue weighted by Crippen LogP contribution is 2.17. The third-order valence-electron chi connectivity index (χ3n) is 4.35. The summed E-state index contributed by atoms with van der Waals surface area (Å²) >= 11 is 0. The van der Waals surface area contributed by atoms with Gasteiger partial charge in [-0.2, -0.15) is 0 Å². The van der Waals surface area contributed by atoms with Crippen LogP contribution >= 0.6 is 0 Å². The van der Waals surface area contributed by atoms with Gasteiger partial charge in [0.15, 0.2) is 0 Å². The summed E-state index contributed by atoms with van der Waals surface area (Å²) in [6.07, 6.45) is 1.47. The summed E-state index contributed by atoms with van der Waals surface area (Å²) in [5.41, 5.74) is 6.41. The first-order chi connectivity index (χ1) is 12.5. The number of ether oxygens (including phenoxy) is 1. The number of likely N-dealkylation sites (tertiary alicyclic amines) is 1. The summed E-state index contributed by atoms with van der Waals surface area (Å²) in [6, 6.07) is 10.9. The van der Waals surface area contributed by atoms with E-state index in [2.05, 4.69) is 4.98 Å². The van der Waals surface area contributed by atoms with E-state index in [0.717, 1.165) is 5.56 Å². The second kappa shape index (κ2) is 8.05. The Balaban J connectivity index is 1.51. The van der Waals surface area contributed by atoms with Gasteiger partial charge in [-0.25, -0.2) is 9.37 Å². The van der Waals surface area contributed by atoms with Crippen LogP contribution in [-0.4, -0.2) is 40.9 Å². The van der Waals surface area contributed by atoms with Crippen molar-refractivity contribution in [2.24, 2.45) is 5.73 Å². The van der Waals surface area contributed by atoms with Crippen LogP contribution in [0.25, 0.3) is 0 Å². The molecule has 7 heteroatoms. The van der Waals surface area contributed by atoms with Gasteiger partial charge in [-0.15, -0.1) is 0 Å². The van der Waals surface area contributed by atoms with Gasteiger partial charge in [0, 0.05) is 13.1 Å². The molecular formula is C19H20FN3O3. The lowest BCUT2D eigenvalue weighted by molar-refractivity contribution is -0.000522. The molecule has 0 saturated carbocycles. The monoisotopic (exact) mass is 357 g/mol. The predicted octanol–water partition coefficient (Wildman–Crippen LogP) is 2.14. The molecule has 0 radical (unpaired) electrons. The summed E-state index contributed by atoms with van der Waals surface area (Å²) in [7, 11) is 0. The van der Waals surface area contributed by atoms with Crippen LogP contribution in [0, 0.1) is 5.82 Å². The number of carbonyl (C=O) groups excluding carboxylic acids is 2. The Morgan fingerprint density at radius 2 is 1.77 bits per heavy atom. The van der Waals surface area contributed by atoms with Crippen molar-refractivity contribution in [3.05, 3.63) is 65.2 Å². The molecule has 0 bridgehead atoms. The third-order valence-corrected chi connectivity index (χ3v) is 4.35. The molecule has 1 aliphatic heterocycles. The number of hydrogen-bond acceptors (Lipinski definition) is 4. The van der Waals surface area contributed by atoms with Gasteiger partial charge in [-0.3, -0.25) is 9.59 Å². The topological polar surface area (TPSA) is 85.5 Å². The molecule has 0 aliphatic carbocycles.